The summed E-state index contributed by atoms with van der Waals surface area (Å²) in [6.45, 7) is 8.28. The molecule has 0 unspecified atom stereocenters. The molecule has 2 aliphatic heterocycles. The van der Waals surface area contributed by atoms with E-state index in [-0.39, 0.29) is 11.8 Å². The van der Waals surface area contributed by atoms with Crippen molar-refractivity contribution < 1.29 is 39.5 Å². The monoisotopic (exact) mass is 542 g/mol. The van der Waals surface area contributed by atoms with Crippen LogP contribution in [0.1, 0.15) is 30.9 Å². The SMILES string of the molecule is C[C@H](CN1CCOCC1)C(C(=O)N1CCCC1)(c1ccccc1)c1ccccc1.O=C(O)[C@@H](O)[C@H](O)C(=O)O. The van der Waals surface area contributed by atoms with Gasteiger partial charge in [0.05, 0.1) is 13.2 Å². The topological polar surface area (TPSA) is 148 Å². The largest absolute Gasteiger partial charge is 0.479 e. The molecule has 0 saturated carbocycles. The third-order valence-electron chi connectivity index (χ3n) is 7.37. The molecule has 4 N–H and O–H groups in total. The van der Waals surface area contributed by atoms with Gasteiger partial charge in [0, 0.05) is 32.7 Å². The molecule has 1 amide bonds. The lowest BCUT2D eigenvalue weighted by Gasteiger charge is -2.43. The molecule has 2 fully saturated rings. The van der Waals surface area contributed by atoms with Crippen molar-refractivity contribution in [1.82, 2.24) is 9.80 Å². The van der Waals surface area contributed by atoms with Crippen LogP contribution in [0.25, 0.3) is 0 Å². The predicted molar refractivity (Wildman–Crippen MR) is 143 cm³/mol. The lowest BCUT2D eigenvalue weighted by molar-refractivity contribution is -0.165. The number of hydrogen-bond acceptors (Lipinski definition) is 7. The van der Waals surface area contributed by atoms with Gasteiger partial charge in [-0.05, 0) is 29.9 Å². The summed E-state index contributed by atoms with van der Waals surface area (Å²) in [5.74, 6) is -3.14. The molecular weight excluding hydrogens is 504 g/mol. The molecule has 2 aromatic rings. The van der Waals surface area contributed by atoms with Crippen LogP contribution in [-0.4, -0.2) is 106 Å². The minimum Gasteiger partial charge on any atom is -0.479 e. The van der Waals surface area contributed by atoms with Crippen molar-refractivity contribution in [3.05, 3.63) is 71.8 Å². The highest BCUT2D eigenvalue weighted by atomic mass is 16.5. The highest BCUT2D eigenvalue weighted by Gasteiger charge is 2.49. The third-order valence-corrected chi connectivity index (χ3v) is 7.37. The number of rotatable bonds is 9. The number of carboxylic acids is 2. The second-order valence-electron chi connectivity index (χ2n) is 9.92. The van der Waals surface area contributed by atoms with Crippen LogP contribution in [-0.2, 0) is 24.5 Å². The summed E-state index contributed by atoms with van der Waals surface area (Å²) in [7, 11) is 0. The molecule has 2 saturated heterocycles. The Balaban J connectivity index is 0.000000360. The molecule has 2 aliphatic rings. The molecule has 10 heteroatoms. The van der Waals surface area contributed by atoms with Crippen molar-refractivity contribution in [3.63, 3.8) is 0 Å². The Morgan fingerprint density at radius 1 is 0.795 bits per heavy atom. The standard InChI is InChI=1S/C25H32N2O2.C4H6O6/c1-21(20-26-16-18-29-19-17-26)25(22-10-4-2-5-11-22,23-12-6-3-7-13-23)24(28)27-14-8-9-15-27;5-1(3(7)8)2(6)4(9)10/h2-7,10-13,21H,8-9,14-20H2,1H3;1-2,5-6H,(H,7,8)(H,9,10)/t21-;1-,2-/m10/s1. The highest BCUT2D eigenvalue weighted by molar-refractivity contribution is 5.93. The number of nitrogens with zero attached hydrogens (tertiary/aromatic N) is 2. The van der Waals surface area contributed by atoms with Gasteiger partial charge in [-0.2, -0.15) is 0 Å². The Bertz CT molecular complexity index is 1010. The molecule has 4 rings (SSSR count). The first-order valence-corrected chi connectivity index (χ1v) is 13.2. The smallest absolute Gasteiger partial charge is 0.335 e. The normalized spacial score (nSPS) is 18.4. The van der Waals surface area contributed by atoms with Gasteiger partial charge in [-0.25, -0.2) is 9.59 Å². The molecule has 0 bridgehead atoms. The van der Waals surface area contributed by atoms with Crippen molar-refractivity contribution in [1.29, 1.82) is 0 Å². The quantitative estimate of drug-likeness (QED) is 0.369. The maximum absolute atomic E-state index is 14.2. The average Bonchev–Trinajstić information content (AvgIpc) is 3.50. The van der Waals surface area contributed by atoms with E-state index in [1.54, 1.807) is 0 Å². The summed E-state index contributed by atoms with van der Waals surface area (Å²) in [5, 5.41) is 32.5. The number of carbonyl (C=O) groups is 3. The number of amides is 1. The minimum atomic E-state index is -2.27. The summed E-state index contributed by atoms with van der Waals surface area (Å²) >= 11 is 0. The van der Waals surface area contributed by atoms with E-state index in [4.69, 9.17) is 25.2 Å². The van der Waals surface area contributed by atoms with Gasteiger partial charge in [-0.15, -0.1) is 0 Å². The Kier molecular flexibility index (Phi) is 11.0. The summed E-state index contributed by atoms with van der Waals surface area (Å²) in [6.07, 6.45) is -2.33. The first-order valence-electron chi connectivity index (χ1n) is 13.2. The zero-order chi connectivity index (χ0) is 28.4. The number of carboxylic acid groups (broad SMARTS) is 2. The van der Waals surface area contributed by atoms with Crippen LogP contribution in [0.5, 0.6) is 0 Å². The van der Waals surface area contributed by atoms with E-state index in [1.807, 2.05) is 12.1 Å². The van der Waals surface area contributed by atoms with E-state index in [0.717, 1.165) is 69.9 Å². The summed E-state index contributed by atoms with van der Waals surface area (Å²) in [6, 6.07) is 20.9. The van der Waals surface area contributed by atoms with E-state index < -0.39 is 29.6 Å². The molecular formula is C29H38N2O8. The van der Waals surface area contributed by atoms with E-state index in [1.165, 1.54) is 0 Å². The van der Waals surface area contributed by atoms with Gasteiger partial charge in [-0.1, -0.05) is 67.6 Å². The fourth-order valence-electron chi connectivity index (χ4n) is 5.34. The van der Waals surface area contributed by atoms with E-state index in [0.29, 0.717) is 0 Å². The molecule has 2 aromatic carbocycles. The molecule has 10 nitrogen and oxygen atoms in total. The van der Waals surface area contributed by atoms with E-state index >= 15 is 0 Å². The zero-order valence-electron chi connectivity index (χ0n) is 22.2. The van der Waals surface area contributed by atoms with Gasteiger partial charge in [0.2, 0.25) is 5.91 Å². The molecule has 212 valence electrons. The Hall–Kier alpha value is -3.31. The maximum atomic E-state index is 14.2. The number of ether oxygens (including phenoxy) is 1. The van der Waals surface area contributed by atoms with Crippen LogP contribution < -0.4 is 0 Å². The van der Waals surface area contributed by atoms with Crippen molar-refractivity contribution in [2.75, 3.05) is 45.9 Å². The van der Waals surface area contributed by atoms with Crippen LogP contribution >= 0.6 is 0 Å². The van der Waals surface area contributed by atoms with Crippen LogP contribution in [0.15, 0.2) is 60.7 Å². The summed E-state index contributed by atoms with van der Waals surface area (Å²) in [5.41, 5.74) is 1.53. The number of morpholine rings is 1. The van der Waals surface area contributed by atoms with Crippen LogP contribution in [0.2, 0.25) is 0 Å². The molecule has 39 heavy (non-hydrogen) atoms. The third kappa shape index (κ3) is 7.21. The molecule has 3 atom stereocenters. The Labute approximate surface area is 228 Å². The number of aliphatic hydroxyl groups is 2. The Morgan fingerprint density at radius 2 is 1.23 bits per heavy atom. The van der Waals surface area contributed by atoms with Crippen LogP contribution in [0.3, 0.4) is 0 Å². The summed E-state index contributed by atoms with van der Waals surface area (Å²) in [4.78, 5) is 38.3. The second kappa shape index (κ2) is 14.2. The van der Waals surface area contributed by atoms with Crippen molar-refractivity contribution in [2.24, 2.45) is 5.92 Å². The molecule has 0 aromatic heterocycles. The van der Waals surface area contributed by atoms with Gasteiger partial charge in [0.1, 0.15) is 5.41 Å². The zero-order valence-corrected chi connectivity index (χ0v) is 22.2. The van der Waals surface area contributed by atoms with E-state index in [2.05, 4.69) is 65.3 Å². The number of carbonyl (C=O) groups excluding carboxylic acids is 1. The van der Waals surface area contributed by atoms with Gasteiger partial charge >= 0.3 is 11.9 Å². The second-order valence-corrected chi connectivity index (χ2v) is 9.92. The lowest BCUT2D eigenvalue weighted by Crippen LogP contribution is -2.54. The average molecular weight is 543 g/mol. The molecule has 0 spiro atoms. The van der Waals surface area contributed by atoms with Crippen molar-refractivity contribution in [3.8, 4) is 0 Å². The lowest BCUT2D eigenvalue weighted by atomic mass is 9.65. The first kappa shape index (κ1) is 30.2. The number of benzene rings is 2. The number of hydrogen-bond donors (Lipinski definition) is 4. The van der Waals surface area contributed by atoms with Gasteiger partial charge in [-0.3, -0.25) is 9.69 Å². The molecule has 2 heterocycles. The van der Waals surface area contributed by atoms with Crippen molar-refractivity contribution >= 4 is 17.8 Å². The predicted octanol–water partition coefficient (Wildman–Crippen LogP) is 1.44. The van der Waals surface area contributed by atoms with Crippen LogP contribution in [0.4, 0.5) is 0 Å². The highest BCUT2D eigenvalue weighted by Crippen LogP contribution is 2.42. The molecule has 0 aliphatic carbocycles. The van der Waals surface area contributed by atoms with Gasteiger partial charge in [0.15, 0.2) is 12.2 Å². The van der Waals surface area contributed by atoms with Gasteiger partial charge in [0.25, 0.3) is 0 Å². The minimum absolute atomic E-state index is 0.137. The fourth-order valence-corrected chi connectivity index (χ4v) is 5.34. The number of aliphatic hydroxyl groups excluding tert-OH is 2. The number of aliphatic carboxylic acids is 2. The van der Waals surface area contributed by atoms with Crippen LogP contribution in [0, 0.1) is 5.92 Å². The van der Waals surface area contributed by atoms with Crippen molar-refractivity contribution in [2.45, 2.75) is 37.4 Å². The maximum Gasteiger partial charge on any atom is 0.335 e. The summed E-state index contributed by atoms with van der Waals surface area (Å²) < 4.78 is 5.55. The first-order chi connectivity index (χ1) is 18.7. The fraction of sp³-hybridized carbons (Fsp3) is 0.483. The number of likely N-dealkylation sites (tertiary alicyclic amines) is 1. The van der Waals surface area contributed by atoms with E-state index in [9.17, 15) is 14.4 Å². The van der Waals surface area contributed by atoms with Gasteiger partial charge < -0.3 is 30.1 Å². The molecule has 0 radical (unpaired) electrons. The Morgan fingerprint density at radius 3 is 1.64 bits per heavy atom.